The monoisotopic (exact) mass is 351 g/mol. The molecule has 0 aromatic heterocycles. The van der Waals surface area contributed by atoms with Gasteiger partial charge in [-0.05, 0) is 0 Å². The quantitative estimate of drug-likeness (QED) is 0.615. The third-order valence-corrected chi connectivity index (χ3v) is 3.21. The Kier molecular flexibility index (Phi) is 4.85. The van der Waals surface area contributed by atoms with Crippen molar-refractivity contribution in [2.24, 2.45) is 0 Å². The lowest BCUT2D eigenvalue weighted by Gasteiger charge is -2.14. The predicted molar refractivity (Wildman–Crippen MR) is 57.5 cm³/mol. The smallest absolute Gasteiger partial charge is 0.433 e. The summed E-state index contributed by atoms with van der Waals surface area (Å²) in [7, 11) is 0.342. The highest BCUT2D eigenvalue weighted by atomic mass is 35.7. The van der Waals surface area contributed by atoms with E-state index in [0.29, 0.717) is 6.07 Å². The van der Waals surface area contributed by atoms with E-state index in [0.717, 1.165) is 6.07 Å². The molecule has 21 heavy (non-hydrogen) atoms. The van der Waals surface area contributed by atoms with Crippen molar-refractivity contribution >= 4 is 19.7 Å². The maximum Gasteiger partial charge on any atom is 0.573 e. The summed E-state index contributed by atoms with van der Waals surface area (Å²) in [5.41, 5.74) is -1.06. The molecule has 0 radical (unpaired) electrons. The Bertz CT molecular complexity index is 683. The Morgan fingerprint density at radius 3 is 2.14 bits per heavy atom. The van der Waals surface area contributed by atoms with Crippen molar-refractivity contribution in [1.82, 2.24) is 0 Å². The van der Waals surface area contributed by atoms with Crippen LogP contribution in [0.5, 0.6) is 11.5 Å². The van der Waals surface area contributed by atoms with Gasteiger partial charge in [-0.15, -0.1) is 13.2 Å². The van der Waals surface area contributed by atoms with Crippen LogP contribution in [0.15, 0.2) is 17.0 Å². The van der Waals surface area contributed by atoms with Crippen molar-refractivity contribution in [3.05, 3.63) is 17.7 Å². The summed E-state index contributed by atoms with van der Waals surface area (Å²) in [4.78, 5) is -1.00. The first kappa shape index (κ1) is 17.3. The summed E-state index contributed by atoms with van der Waals surface area (Å²) in [6.45, 7) is -3.51. The molecular formula is C9H3ClF5NO4S. The maximum atomic E-state index is 12.2. The van der Waals surface area contributed by atoms with Crippen LogP contribution in [0, 0.1) is 11.3 Å². The summed E-state index contributed by atoms with van der Waals surface area (Å²) in [6.07, 6.45) is -5.29. The van der Waals surface area contributed by atoms with Gasteiger partial charge in [0.15, 0.2) is 5.75 Å². The zero-order valence-corrected chi connectivity index (χ0v) is 11.1. The highest BCUT2D eigenvalue weighted by Gasteiger charge is 2.34. The van der Waals surface area contributed by atoms with Gasteiger partial charge < -0.3 is 9.47 Å². The van der Waals surface area contributed by atoms with Crippen LogP contribution in [-0.2, 0) is 9.05 Å². The zero-order chi connectivity index (χ0) is 16.4. The van der Waals surface area contributed by atoms with Gasteiger partial charge in [-0.2, -0.15) is 14.0 Å². The molecule has 1 rings (SSSR count). The minimum Gasteiger partial charge on any atom is -0.433 e. The Morgan fingerprint density at radius 1 is 1.24 bits per heavy atom. The molecule has 0 amide bonds. The molecule has 0 aliphatic heterocycles. The van der Waals surface area contributed by atoms with E-state index in [-0.39, 0.29) is 6.07 Å². The van der Waals surface area contributed by atoms with Crippen LogP contribution < -0.4 is 9.47 Å². The van der Waals surface area contributed by atoms with Crippen molar-refractivity contribution in [2.75, 3.05) is 0 Å². The van der Waals surface area contributed by atoms with Crippen molar-refractivity contribution in [1.29, 1.82) is 5.26 Å². The molecule has 0 spiro atoms. The first-order valence-corrected chi connectivity index (χ1v) is 6.98. The SMILES string of the molecule is N#Cc1c(OC(F)F)cc(S(=O)(=O)Cl)cc1OC(F)(F)F. The van der Waals surface area contributed by atoms with Crippen molar-refractivity contribution in [3.8, 4) is 17.6 Å². The second-order valence-corrected chi connectivity index (χ2v) is 5.84. The number of nitriles is 1. The fourth-order valence-electron chi connectivity index (χ4n) is 1.21. The summed E-state index contributed by atoms with van der Waals surface area (Å²) in [6, 6.07) is 1.81. The standard InChI is InChI=1S/C9H3ClF5NO4S/c10-21(17,18)4-1-6(19-8(11)12)5(3-16)7(2-4)20-9(13,14)15/h1-2,8H. The van der Waals surface area contributed by atoms with Crippen LogP contribution in [-0.4, -0.2) is 21.4 Å². The second-order valence-electron chi connectivity index (χ2n) is 3.27. The summed E-state index contributed by atoms with van der Waals surface area (Å²) < 4.78 is 90.2. The topological polar surface area (TPSA) is 76.4 Å². The second kappa shape index (κ2) is 5.90. The van der Waals surface area contributed by atoms with Gasteiger partial charge in [0.05, 0.1) is 4.90 Å². The maximum absolute atomic E-state index is 12.2. The number of hydrogen-bond acceptors (Lipinski definition) is 5. The van der Waals surface area contributed by atoms with Gasteiger partial charge in [0.2, 0.25) is 0 Å². The van der Waals surface area contributed by atoms with E-state index >= 15 is 0 Å². The number of nitrogens with zero attached hydrogens (tertiary/aromatic N) is 1. The van der Waals surface area contributed by atoms with Gasteiger partial charge >= 0.3 is 13.0 Å². The first-order valence-electron chi connectivity index (χ1n) is 4.67. The Hall–Kier alpha value is -1.80. The number of alkyl halides is 5. The van der Waals surface area contributed by atoms with Gasteiger partial charge in [0, 0.05) is 22.8 Å². The van der Waals surface area contributed by atoms with Gasteiger partial charge in [0.25, 0.3) is 9.05 Å². The molecule has 116 valence electrons. The number of halogens is 6. The molecule has 0 heterocycles. The van der Waals surface area contributed by atoms with Crippen molar-refractivity contribution < 1.29 is 39.8 Å². The van der Waals surface area contributed by atoms with E-state index in [9.17, 15) is 30.4 Å². The number of hydrogen-bond donors (Lipinski definition) is 0. The largest absolute Gasteiger partial charge is 0.573 e. The van der Waals surface area contributed by atoms with Crippen LogP contribution in [0.3, 0.4) is 0 Å². The summed E-state index contributed by atoms with van der Waals surface area (Å²) >= 11 is 0. The van der Waals surface area contributed by atoms with E-state index in [1.807, 2.05) is 0 Å². The molecule has 0 aliphatic rings. The molecule has 0 saturated heterocycles. The average molecular weight is 352 g/mol. The molecule has 0 N–H and O–H groups in total. The van der Waals surface area contributed by atoms with E-state index < -0.39 is 44.0 Å². The molecule has 0 bridgehead atoms. The van der Waals surface area contributed by atoms with E-state index in [1.54, 1.807) is 0 Å². The number of rotatable bonds is 4. The Morgan fingerprint density at radius 2 is 1.76 bits per heavy atom. The molecule has 5 nitrogen and oxygen atoms in total. The van der Waals surface area contributed by atoms with Crippen LogP contribution in [0.4, 0.5) is 22.0 Å². The van der Waals surface area contributed by atoms with E-state index in [2.05, 4.69) is 9.47 Å². The summed E-state index contributed by atoms with van der Waals surface area (Å²) in [5.74, 6) is -2.45. The van der Waals surface area contributed by atoms with Crippen molar-refractivity contribution in [2.45, 2.75) is 17.9 Å². The third kappa shape index (κ3) is 4.91. The highest BCUT2D eigenvalue weighted by Crippen LogP contribution is 2.36. The molecule has 0 fully saturated rings. The number of benzene rings is 1. The highest BCUT2D eigenvalue weighted by molar-refractivity contribution is 8.13. The normalized spacial score (nSPS) is 12.1. The molecule has 0 atom stereocenters. The molecule has 1 aromatic rings. The Labute approximate surface area is 118 Å². The predicted octanol–water partition coefficient (Wildman–Crippen LogP) is 2.99. The van der Waals surface area contributed by atoms with Crippen molar-refractivity contribution in [3.63, 3.8) is 0 Å². The van der Waals surface area contributed by atoms with Crippen LogP contribution in [0.25, 0.3) is 0 Å². The van der Waals surface area contributed by atoms with E-state index in [4.69, 9.17) is 15.9 Å². The molecule has 0 aliphatic carbocycles. The lowest BCUT2D eigenvalue weighted by atomic mass is 10.2. The summed E-state index contributed by atoms with van der Waals surface area (Å²) in [5, 5.41) is 8.70. The van der Waals surface area contributed by atoms with Crippen LogP contribution in [0.1, 0.15) is 5.56 Å². The fraction of sp³-hybridized carbons (Fsp3) is 0.222. The first-order chi connectivity index (χ1) is 9.44. The minimum atomic E-state index is -5.29. The molecular weight excluding hydrogens is 349 g/mol. The molecule has 12 heteroatoms. The van der Waals surface area contributed by atoms with E-state index in [1.165, 1.54) is 0 Å². The minimum absolute atomic E-state index is 0.271. The average Bonchev–Trinajstić information content (AvgIpc) is 2.24. The van der Waals surface area contributed by atoms with Gasteiger partial charge in [0.1, 0.15) is 17.4 Å². The fourth-order valence-corrected chi connectivity index (χ4v) is 1.97. The zero-order valence-electron chi connectivity index (χ0n) is 9.49. The Balaban J connectivity index is 3.56. The van der Waals surface area contributed by atoms with Gasteiger partial charge in [-0.3, -0.25) is 0 Å². The third-order valence-electron chi connectivity index (χ3n) is 1.87. The van der Waals surface area contributed by atoms with Gasteiger partial charge in [-0.25, -0.2) is 8.42 Å². The van der Waals surface area contributed by atoms with Crippen LogP contribution in [0.2, 0.25) is 0 Å². The molecule has 0 unspecified atom stereocenters. The van der Waals surface area contributed by atoms with Crippen LogP contribution >= 0.6 is 10.7 Å². The number of ether oxygens (including phenoxy) is 2. The molecule has 0 saturated carbocycles. The lowest BCUT2D eigenvalue weighted by molar-refractivity contribution is -0.274. The molecule has 1 aromatic carbocycles. The van der Waals surface area contributed by atoms with Gasteiger partial charge in [-0.1, -0.05) is 0 Å². The lowest BCUT2D eigenvalue weighted by Crippen LogP contribution is -2.18.